The molecule has 2 atom stereocenters. The molecule has 0 aromatic heterocycles. The third-order valence-corrected chi connectivity index (χ3v) is 5.29. The maximum absolute atomic E-state index is 3.80. The predicted octanol–water partition coefficient (Wildman–Crippen LogP) is 2.58. The average molecular weight is 289 g/mol. The molecule has 2 fully saturated rings. The summed E-state index contributed by atoms with van der Waals surface area (Å²) in [5.41, 5.74) is 0. The number of piperidine rings is 1. The first-order chi connectivity index (χ1) is 7.75. The zero-order valence-corrected chi connectivity index (χ0v) is 12.1. The van der Waals surface area contributed by atoms with Crippen molar-refractivity contribution in [3.8, 4) is 0 Å². The molecule has 2 heterocycles. The first kappa shape index (κ1) is 12.8. The molecule has 0 aromatic carbocycles. The van der Waals surface area contributed by atoms with Crippen molar-refractivity contribution in [3.05, 3.63) is 0 Å². The van der Waals surface area contributed by atoms with Crippen molar-refractivity contribution in [1.29, 1.82) is 0 Å². The van der Waals surface area contributed by atoms with Crippen LogP contribution in [0.25, 0.3) is 0 Å². The molecule has 2 saturated heterocycles. The van der Waals surface area contributed by atoms with E-state index in [2.05, 4.69) is 32.7 Å². The number of halogens is 1. The summed E-state index contributed by atoms with van der Waals surface area (Å²) in [4.78, 5) is 5.97. The Morgan fingerprint density at radius 3 is 2.44 bits per heavy atom. The number of rotatable bonds is 4. The normalized spacial score (nSPS) is 33.4. The minimum absolute atomic E-state index is 0.716. The van der Waals surface area contributed by atoms with Gasteiger partial charge in [-0.3, -0.25) is 0 Å². The summed E-state index contributed by atoms with van der Waals surface area (Å²) < 4.78 is 0. The van der Waals surface area contributed by atoms with Crippen molar-refractivity contribution in [2.24, 2.45) is 5.92 Å². The largest absolute Gasteiger partial charge is 0.303 e. The lowest BCUT2D eigenvalue weighted by Gasteiger charge is -2.34. The number of hydrogen-bond acceptors (Lipinski definition) is 2. The van der Waals surface area contributed by atoms with Crippen molar-refractivity contribution in [2.75, 3.05) is 39.3 Å². The standard InChI is InChI=1S/C13H25BrN2/c1-12-5-10-16(11-13(12)14)9-4-8-15-6-2-3-7-15/h12-13H,2-11H2,1H3. The van der Waals surface area contributed by atoms with E-state index in [4.69, 9.17) is 0 Å². The van der Waals surface area contributed by atoms with E-state index in [0.717, 1.165) is 5.92 Å². The second kappa shape index (κ2) is 6.36. The maximum atomic E-state index is 3.80. The summed E-state index contributed by atoms with van der Waals surface area (Å²) in [5, 5.41) is 0. The molecule has 0 saturated carbocycles. The SMILES string of the molecule is CC1CCN(CCCN2CCCC2)CC1Br. The van der Waals surface area contributed by atoms with E-state index in [0.29, 0.717) is 4.83 Å². The van der Waals surface area contributed by atoms with Crippen molar-refractivity contribution in [3.63, 3.8) is 0 Å². The van der Waals surface area contributed by atoms with Crippen LogP contribution in [0.4, 0.5) is 0 Å². The van der Waals surface area contributed by atoms with Crippen molar-refractivity contribution in [1.82, 2.24) is 9.80 Å². The Morgan fingerprint density at radius 1 is 1.06 bits per heavy atom. The average Bonchev–Trinajstić information content (AvgIpc) is 2.76. The highest BCUT2D eigenvalue weighted by atomic mass is 79.9. The molecule has 2 aliphatic heterocycles. The summed E-state index contributed by atoms with van der Waals surface area (Å²) in [5.74, 6) is 0.856. The van der Waals surface area contributed by atoms with Crippen LogP contribution in [0.15, 0.2) is 0 Å². The van der Waals surface area contributed by atoms with Gasteiger partial charge in [0.2, 0.25) is 0 Å². The van der Waals surface area contributed by atoms with Crippen LogP contribution in [-0.4, -0.2) is 53.9 Å². The van der Waals surface area contributed by atoms with E-state index >= 15 is 0 Å². The van der Waals surface area contributed by atoms with E-state index in [1.807, 2.05) is 0 Å². The molecule has 2 aliphatic rings. The second-order valence-corrected chi connectivity index (χ2v) is 6.66. The van der Waals surface area contributed by atoms with Gasteiger partial charge in [-0.1, -0.05) is 22.9 Å². The Bertz CT molecular complexity index is 204. The monoisotopic (exact) mass is 288 g/mol. The number of nitrogens with zero attached hydrogens (tertiary/aromatic N) is 2. The van der Waals surface area contributed by atoms with Gasteiger partial charge in [-0.15, -0.1) is 0 Å². The Labute approximate surface area is 108 Å². The van der Waals surface area contributed by atoms with Gasteiger partial charge < -0.3 is 9.80 Å². The molecule has 0 N–H and O–H groups in total. The van der Waals surface area contributed by atoms with Gasteiger partial charge in [-0.25, -0.2) is 0 Å². The van der Waals surface area contributed by atoms with Crippen LogP contribution in [0.3, 0.4) is 0 Å². The number of alkyl halides is 1. The van der Waals surface area contributed by atoms with Crippen LogP contribution < -0.4 is 0 Å². The van der Waals surface area contributed by atoms with E-state index in [-0.39, 0.29) is 0 Å². The first-order valence-electron chi connectivity index (χ1n) is 6.84. The Balaban J connectivity index is 1.59. The molecular formula is C13H25BrN2. The van der Waals surface area contributed by atoms with E-state index in [9.17, 15) is 0 Å². The van der Waals surface area contributed by atoms with E-state index in [1.54, 1.807) is 0 Å². The van der Waals surface area contributed by atoms with Gasteiger partial charge in [-0.2, -0.15) is 0 Å². The molecule has 0 aliphatic carbocycles. The van der Waals surface area contributed by atoms with Gasteiger partial charge in [0.15, 0.2) is 0 Å². The Morgan fingerprint density at radius 2 is 1.75 bits per heavy atom. The number of hydrogen-bond donors (Lipinski definition) is 0. The molecule has 94 valence electrons. The molecule has 0 spiro atoms. The zero-order valence-electron chi connectivity index (χ0n) is 10.5. The summed E-state index contributed by atoms with van der Waals surface area (Å²) in [6, 6.07) is 0. The summed E-state index contributed by atoms with van der Waals surface area (Å²) in [6.07, 6.45) is 5.56. The number of likely N-dealkylation sites (tertiary alicyclic amines) is 2. The van der Waals surface area contributed by atoms with Crippen LogP contribution >= 0.6 is 15.9 Å². The van der Waals surface area contributed by atoms with Crippen molar-refractivity contribution < 1.29 is 0 Å². The Kier molecular flexibility index (Phi) is 5.11. The van der Waals surface area contributed by atoms with Crippen LogP contribution in [-0.2, 0) is 0 Å². The van der Waals surface area contributed by atoms with Gasteiger partial charge in [-0.05, 0) is 64.3 Å². The van der Waals surface area contributed by atoms with Gasteiger partial charge in [0.05, 0.1) is 0 Å². The molecule has 16 heavy (non-hydrogen) atoms. The van der Waals surface area contributed by atoms with E-state index < -0.39 is 0 Å². The predicted molar refractivity (Wildman–Crippen MR) is 73.2 cm³/mol. The quantitative estimate of drug-likeness (QED) is 0.734. The zero-order chi connectivity index (χ0) is 11.4. The fourth-order valence-corrected chi connectivity index (χ4v) is 3.49. The minimum atomic E-state index is 0.716. The van der Waals surface area contributed by atoms with Gasteiger partial charge in [0.1, 0.15) is 0 Å². The van der Waals surface area contributed by atoms with Gasteiger partial charge >= 0.3 is 0 Å². The lowest BCUT2D eigenvalue weighted by atomic mass is 9.99. The molecule has 2 nitrogen and oxygen atoms in total. The summed E-state index contributed by atoms with van der Waals surface area (Å²) in [7, 11) is 0. The highest BCUT2D eigenvalue weighted by molar-refractivity contribution is 9.09. The van der Waals surface area contributed by atoms with Crippen LogP contribution in [0.5, 0.6) is 0 Å². The second-order valence-electron chi connectivity index (χ2n) is 5.48. The fraction of sp³-hybridized carbons (Fsp3) is 1.00. The lowest BCUT2D eigenvalue weighted by molar-refractivity contribution is 0.189. The van der Waals surface area contributed by atoms with Crippen LogP contribution in [0.1, 0.15) is 32.6 Å². The molecule has 3 heteroatoms. The molecule has 0 amide bonds. The fourth-order valence-electron chi connectivity index (χ4n) is 2.81. The smallest absolute Gasteiger partial charge is 0.0299 e. The third-order valence-electron chi connectivity index (χ3n) is 4.10. The Hall–Kier alpha value is 0.400. The molecule has 2 rings (SSSR count). The summed E-state index contributed by atoms with van der Waals surface area (Å²) >= 11 is 3.80. The van der Waals surface area contributed by atoms with Crippen LogP contribution in [0, 0.1) is 5.92 Å². The van der Waals surface area contributed by atoms with Crippen molar-refractivity contribution in [2.45, 2.75) is 37.4 Å². The highest BCUT2D eigenvalue weighted by Gasteiger charge is 2.23. The molecule has 2 unspecified atom stereocenters. The molecular weight excluding hydrogens is 264 g/mol. The van der Waals surface area contributed by atoms with Gasteiger partial charge in [0.25, 0.3) is 0 Å². The molecule has 0 radical (unpaired) electrons. The highest BCUT2D eigenvalue weighted by Crippen LogP contribution is 2.23. The molecule has 0 aromatic rings. The topological polar surface area (TPSA) is 6.48 Å². The van der Waals surface area contributed by atoms with Crippen LogP contribution in [0.2, 0.25) is 0 Å². The minimum Gasteiger partial charge on any atom is -0.303 e. The van der Waals surface area contributed by atoms with Gasteiger partial charge in [0, 0.05) is 11.4 Å². The van der Waals surface area contributed by atoms with Crippen molar-refractivity contribution >= 4 is 15.9 Å². The first-order valence-corrected chi connectivity index (χ1v) is 7.76. The molecule has 0 bridgehead atoms. The van der Waals surface area contributed by atoms with E-state index in [1.165, 1.54) is 65.0 Å². The third kappa shape index (κ3) is 3.71. The maximum Gasteiger partial charge on any atom is 0.0299 e. The lowest BCUT2D eigenvalue weighted by Crippen LogP contribution is -2.41. The summed E-state index contributed by atoms with van der Waals surface area (Å²) in [6.45, 7) is 10.2.